The molecule has 55 heavy (non-hydrogen) atoms. The lowest BCUT2D eigenvalue weighted by Crippen LogP contribution is -2.50. The summed E-state index contributed by atoms with van der Waals surface area (Å²) in [4.78, 5) is 41.6. The number of benzene rings is 4. The normalized spacial score (nSPS) is 16.4. The Hall–Kier alpha value is -5.19. The van der Waals surface area contributed by atoms with Gasteiger partial charge in [0.05, 0.1) is 0 Å². The monoisotopic (exact) mass is 748 g/mol. The number of urea groups is 2. The third kappa shape index (κ3) is 16.0. The molecule has 0 saturated heterocycles. The van der Waals surface area contributed by atoms with Crippen molar-refractivity contribution in [2.75, 3.05) is 60.9 Å². The van der Waals surface area contributed by atoms with Crippen LogP contribution in [0.4, 0.5) is 9.59 Å². The summed E-state index contributed by atoms with van der Waals surface area (Å²) in [5.41, 5.74) is 3.16. The molecule has 0 aromatic heterocycles. The zero-order valence-electron chi connectivity index (χ0n) is 33.0. The molecule has 0 spiro atoms. The molecular weight excluding hydrogens is 689 g/mol. The zero-order chi connectivity index (χ0) is 39.3. The Morgan fingerprint density at radius 2 is 1.15 bits per heavy atom. The van der Waals surface area contributed by atoms with Crippen LogP contribution in [0.15, 0.2) is 115 Å². The second kappa shape index (κ2) is 23.6. The van der Waals surface area contributed by atoms with Gasteiger partial charge in [0.1, 0.15) is 11.5 Å². The second-order valence-corrected chi connectivity index (χ2v) is 14.6. The van der Waals surface area contributed by atoms with Gasteiger partial charge < -0.3 is 35.8 Å². The number of ether oxygens (including phenoxy) is 1. The number of ketones is 1. The minimum atomic E-state index is -0.195. The molecule has 294 valence electrons. The van der Waals surface area contributed by atoms with Crippen LogP contribution in [-0.4, -0.2) is 94.6 Å². The number of hydrogen-bond donors (Lipinski definition) is 4. The number of rotatable bonds is 17. The molecule has 1 unspecified atom stereocenters. The quantitative estimate of drug-likeness (QED) is 0.0664. The van der Waals surface area contributed by atoms with E-state index in [4.69, 9.17) is 4.74 Å². The first-order chi connectivity index (χ1) is 26.7. The van der Waals surface area contributed by atoms with Crippen LogP contribution in [0.5, 0.6) is 11.5 Å². The van der Waals surface area contributed by atoms with Gasteiger partial charge in [-0.05, 0) is 121 Å². The van der Waals surface area contributed by atoms with Crippen LogP contribution in [0.1, 0.15) is 59.5 Å². The van der Waals surface area contributed by atoms with E-state index in [1.807, 2.05) is 119 Å². The van der Waals surface area contributed by atoms with Gasteiger partial charge >= 0.3 is 12.1 Å². The summed E-state index contributed by atoms with van der Waals surface area (Å²) in [7, 11) is 8.09. The molecule has 1 saturated carbocycles. The van der Waals surface area contributed by atoms with E-state index < -0.39 is 0 Å². The summed E-state index contributed by atoms with van der Waals surface area (Å²) < 4.78 is 5.76. The number of Topliss-reactive ketones (excluding diaryl/α,β-unsaturated/α-hetero) is 1. The molecule has 5 rings (SSSR count). The molecule has 0 radical (unpaired) electrons. The smallest absolute Gasteiger partial charge is 0.315 e. The van der Waals surface area contributed by atoms with E-state index >= 15 is 0 Å². The minimum absolute atomic E-state index is 0.109. The lowest BCUT2D eigenvalue weighted by atomic mass is 9.73. The summed E-state index contributed by atoms with van der Waals surface area (Å²) in [5.74, 6) is 1.91. The van der Waals surface area contributed by atoms with Crippen molar-refractivity contribution in [2.45, 2.75) is 50.5 Å². The van der Waals surface area contributed by atoms with Gasteiger partial charge in [0.2, 0.25) is 0 Å². The van der Waals surface area contributed by atoms with Crippen molar-refractivity contribution in [3.63, 3.8) is 0 Å². The maximum atomic E-state index is 13.2. The SMILES string of the molecule is CN(C)CCCNC(=O)NCCc1ccc(Oc2ccccc2)cc1.CN(C)CCCNC(=O)N[C@@H]1CC(c2ccccc2)CC[C@H]1C(=O)c1ccccc1. The van der Waals surface area contributed by atoms with Crippen molar-refractivity contribution >= 4 is 17.8 Å². The minimum Gasteiger partial charge on any atom is -0.457 e. The number of carbonyl (C=O) groups excluding carboxylic acids is 3. The predicted octanol–water partition coefficient (Wildman–Crippen LogP) is 7.35. The Morgan fingerprint density at radius 1 is 0.618 bits per heavy atom. The number of para-hydroxylation sites is 1. The zero-order valence-corrected chi connectivity index (χ0v) is 33.0. The number of amides is 4. The summed E-state index contributed by atoms with van der Waals surface area (Å²) in [6.07, 6.45) is 5.14. The summed E-state index contributed by atoms with van der Waals surface area (Å²) in [6.45, 7) is 3.82. The largest absolute Gasteiger partial charge is 0.457 e. The predicted molar refractivity (Wildman–Crippen MR) is 222 cm³/mol. The van der Waals surface area contributed by atoms with Crippen molar-refractivity contribution in [1.82, 2.24) is 31.1 Å². The average molecular weight is 749 g/mol. The number of hydrogen-bond acceptors (Lipinski definition) is 6. The molecule has 1 aliphatic carbocycles. The van der Waals surface area contributed by atoms with Gasteiger partial charge in [-0.15, -0.1) is 0 Å². The second-order valence-electron chi connectivity index (χ2n) is 14.6. The van der Waals surface area contributed by atoms with E-state index in [9.17, 15) is 14.4 Å². The fraction of sp³-hybridized carbons (Fsp3) is 0.400. The van der Waals surface area contributed by atoms with Gasteiger partial charge in [-0.25, -0.2) is 9.59 Å². The van der Waals surface area contributed by atoms with E-state index in [1.54, 1.807) is 0 Å². The first-order valence-electron chi connectivity index (χ1n) is 19.5. The maximum absolute atomic E-state index is 13.2. The third-order valence-electron chi connectivity index (χ3n) is 9.57. The molecule has 1 fully saturated rings. The van der Waals surface area contributed by atoms with Crippen molar-refractivity contribution in [1.29, 1.82) is 0 Å². The molecule has 3 atom stereocenters. The molecule has 0 aliphatic heterocycles. The van der Waals surface area contributed by atoms with E-state index in [2.05, 4.69) is 55.3 Å². The van der Waals surface area contributed by atoms with Gasteiger partial charge in [-0.3, -0.25) is 4.79 Å². The van der Waals surface area contributed by atoms with Crippen molar-refractivity contribution in [3.8, 4) is 11.5 Å². The van der Waals surface area contributed by atoms with Crippen LogP contribution >= 0.6 is 0 Å². The lowest BCUT2D eigenvalue weighted by Gasteiger charge is -2.36. The van der Waals surface area contributed by atoms with Crippen LogP contribution in [0.2, 0.25) is 0 Å². The van der Waals surface area contributed by atoms with E-state index in [-0.39, 0.29) is 29.8 Å². The molecule has 4 aromatic rings. The molecular formula is C45H60N6O4. The maximum Gasteiger partial charge on any atom is 0.315 e. The van der Waals surface area contributed by atoms with Gasteiger partial charge in [0, 0.05) is 37.2 Å². The Labute approximate surface area is 328 Å². The topological polar surface area (TPSA) is 115 Å². The first kappa shape index (κ1) is 42.6. The third-order valence-corrected chi connectivity index (χ3v) is 9.57. The summed E-state index contributed by atoms with van der Waals surface area (Å²) in [6, 6.07) is 37.0. The molecule has 4 amide bonds. The molecule has 10 nitrogen and oxygen atoms in total. The van der Waals surface area contributed by atoms with Crippen LogP contribution in [0.25, 0.3) is 0 Å². The van der Waals surface area contributed by atoms with Crippen LogP contribution in [0, 0.1) is 5.92 Å². The highest BCUT2D eigenvalue weighted by molar-refractivity contribution is 5.98. The van der Waals surface area contributed by atoms with E-state index in [0.29, 0.717) is 25.6 Å². The van der Waals surface area contributed by atoms with Crippen LogP contribution < -0.4 is 26.0 Å². The van der Waals surface area contributed by atoms with E-state index in [0.717, 1.165) is 74.2 Å². The van der Waals surface area contributed by atoms with Crippen molar-refractivity contribution in [2.24, 2.45) is 5.92 Å². The fourth-order valence-electron chi connectivity index (χ4n) is 6.63. The highest BCUT2D eigenvalue weighted by atomic mass is 16.5. The Bertz CT molecular complexity index is 1690. The Morgan fingerprint density at radius 3 is 1.75 bits per heavy atom. The summed E-state index contributed by atoms with van der Waals surface area (Å²) >= 11 is 0. The van der Waals surface area contributed by atoms with Crippen LogP contribution in [-0.2, 0) is 6.42 Å². The van der Waals surface area contributed by atoms with Gasteiger partial charge in [-0.2, -0.15) is 0 Å². The van der Waals surface area contributed by atoms with Gasteiger partial charge in [-0.1, -0.05) is 91.0 Å². The molecule has 4 N–H and O–H groups in total. The van der Waals surface area contributed by atoms with Gasteiger partial charge in [0.25, 0.3) is 0 Å². The highest BCUT2D eigenvalue weighted by Crippen LogP contribution is 2.37. The van der Waals surface area contributed by atoms with Crippen molar-refractivity contribution < 1.29 is 19.1 Å². The van der Waals surface area contributed by atoms with Crippen molar-refractivity contribution in [3.05, 3.63) is 132 Å². The van der Waals surface area contributed by atoms with E-state index in [1.165, 1.54) is 5.56 Å². The number of nitrogens with zero attached hydrogens (tertiary/aromatic N) is 2. The van der Waals surface area contributed by atoms with Crippen LogP contribution in [0.3, 0.4) is 0 Å². The Kier molecular flexibility index (Phi) is 18.2. The first-order valence-corrected chi connectivity index (χ1v) is 19.5. The number of nitrogens with one attached hydrogen (secondary N) is 4. The number of carbonyl (C=O) groups is 3. The molecule has 1 aliphatic rings. The molecule has 0 heterocycles. The molecule has 0 bridgehead atoms. The molecule has 10 heteroatoms. The highest BCUT2D eigenvalue weighted by Gasteiger charge is 2.36. The lowest BCUT2D eigenvalue weighted by molar-refractivity contribution is 0.0848. The standard InChI is InChI=1S/C25H33N3O2.C20H27N3O2/c1-28(2)17-9-16-26-25(30)27-23-18-21(19-10-5-3-6-11-19)14-15-22(23)24(29)20-12-7-4-8-13-20;1-23(2)16-6-14-21-20(24)22-15-13-17-9-11-19(12-10-17)25-18-7-4-3-5-8-18/h3-8,10-13,21-23H,9,14-18H2,1-2H3,(H2,26,27,30);3-5,7-12H,6,13-16H2,1-2H3,(H2,21,22,24)/t21?,22-,23-;/m1./s1. The fourth-order valence-corrected chi connectivity index (χ4v) is 6.63. The average Bonchev–Trinajstić information content (AvgIpc) is 3.20. The molecule has 4 aromatic carbocycles. The summed E-state index contributed by atoms with van der Waals surface area (Å²) in [5, 5.41) is 11.8. The van der Waals surface area contributed by atoms with Gasteiger partial charge in [0.15, 0.2) is 5.78 Å². The Balaban J connectivity index is 0.000000249.